The maximum atomic E-state index is 12.3. The van der Waals surface area contributed by atoms with Crippen molar-refractivity contribution in [2.45, 2.75) is 6.42 Å². The van der Waals surface area contributed by atoms with Crippen LogP contribution in [-0.2, 0) is 9.53 Å². The lowest BCUT2D eigenvalue weighted by Crippen LogP contribution is -2.27. The molecule has 140 valence electrons. The van der Waals surface area contributed by atoms with Crippen molar-refractivity contribution < 1.29 is 19.1 Å². The standard InChI is InChI=1S/C20H19ClN2O4/c1-26-10-2-9-22-19(24)14-5-8-17-16(12-14)23-20(25)18(27-17)11-13-3-6-15(21)7-4-13/h3-8,11-12H,2,9-10H2,1H3,(H,22,24)(H,23,25). The highest BCUT2D eigenvalue weighted by atomic mass is 35.5. The summed E-state index contributed by atoms with van der Waals surface area (Å²) in [4.78, 5) is 24.5. The van der Waals surface area contributed by atoms with Crippen LogP contribution >= 0.6 is 11.6 Å². The van der Waals surface area contributed by atoms with E-state index in [1.54, 1.807) is 55.7 Å². The number of carbonyl (C=O) groups excluding carboxylic acids is 2. The van der Waals surface area contributed by atoms with E-state index in [1.807, 2.05) is 0 Å². The summed E-state index contributed by atoms with van der Waals surface area (Å²) >= 11 is 5.87. The van der Waals surface area contributed by atoms with Gasteiger partial charge < -0.3 is 20.1 Å². The summed E-state index contributed by atoms with van der Waals surface area (Å²) in [6.45, 7) is 1.09. The molecular weight excluding hydrogens is 368 g/mol. The molecule has 0 bridgehead atoms. The van der Waals surface area contributed by atoms with Crippen LogP contribution in [0.2, 0.25) is 5.02 Å². The van der Waals surface area contributed by atoms with Gasteiger partial charge in [-0.2, -0.15) is 0 Å². The van der Waals surface area contributed by atoms with Crippen molar-refractivity contribution in [3.63, 3.8) is 0 Å². The summed E-state index contributed by atoms with van der Waals surface area (Å²) in [5.74, 6) is 0.0492. The zero-order valence-corrected chi connectivity index (χ0v) is 15.5. The number of carbonyl (C=O) groups is 2. The van der Waals surface area contributed by atoms with E-state index in [4.69, 9.17) is 21.1 Å². The van der Waals surface area contributed by atoms with Gasteiger partial charge in [-0.15, -0.1) is 0 Å². The number of hydrogen-bond acceptors (Lipinski definition) is 4. The van der Waals surface area contributed by atoms with Crippen molar-refractivity contribution in [1.29, 1.82) is 0 Å². The summed E-state index contributed by atoms with van der Waals surface area (Å²) in [6.07, 6.45) is 2.36. The quantitative estimate of drug-likeness (QED) is 0.588. The monoisotopic (exact) mass is 386 g/mol. The van der Waals surface area contributed by atoms with Crippen LogP contribution < -0.4 is 15.4 Å². The lowest BCUT2D eigenvalue weighted by Gasteiger charge is -2.20. The Labute approximate surface area is 162 Å². The molecule has 2 amide bonds. The SMILES string of the molecule is COCCCNC(=O)c1ccc2c(c1)NC(=O)C(=Cc1ccc(Cl)cc1)O2. The normalized spacial score (nSPS) is 14.3. The molecule has 0 aliphatic carbocycles. The lowest BCUT2D eigenvalue weighted by molar-refractivity contribution is -0.115. The molecule has 0 radical (unpaired) electrons. The van der Waals surface area contributed by atoms with E-state index < -0.39 is 0 Å². The zero-order chi connectivity index (χ0) is 19.2. The Hall–Kier alpha value is -2.83. The van der Waals surface area contributed by atoms with Crippen LogP contribution in [0.1, 0.15) is 22.3 Å². The number of rotatable bonds is 6. The summed E-state index contributed by atoms with van der Waals surface area (Å²) in [6, 6.07) is 12.0. The highest BCUT2D eigenvalue weighted by Gasteiger charge is 2.23. The first-order valence-corrected chi connectivity index (χ1v) is 8.82. The van der Waals surface area contributed by atoms with E-state index in [0.717, 1.165) is 12.0 Å². The molecule has 0 fully saturated rings. The maximum absolute atomic E-state index is 12.3. The van der Waals surface area contributed by atoms with E-state index in [-0.39, 0.29) is 17.6 Å². The minimum Gasteiger partial charge on any atom is -0.449 e. The zero-order valence-electron chi connectivity index (χ0n) is 14.8. The van der Waals surface area contributed by atoms with Crippen molar-refractivity contribution >= 4 is 35.2 Å². The molecule has 2 aromatic carbocycles. The Morgan fingerprint density at radius 3 is 2.78 bits per heavy atom. The van der Waals surface area contributed by atoms with Crippen LogP contribution in [0.25, 0.3) is 6.08 Å². The number of anilines is 1. The Bertz CT molecular complexity index is 878. The van der Waals surface area contributed by atoms with Gasteiger partial charge in [-0.25, -0.2) is 0 Å². The summed E-state index contributed by atoms with van der Waals surface area (Å²) < 4.78 is 10.6. The lowest BCUT2D eigenvalue weighted by atomic mass is 10.1. The minimum absolute atomic E-state index is 0.168. The molecule has 2 N–H and O–H groups in total. The van der Waals surface area contributed by atoms with Crippen LogP contribution in [0, 0.1) is 0 Å². The molecule has 0 atom stereocenters. The molecule has 0 saturated carbocycles. The fraction of sp³-hybridized carbons (Fsp3) is 0.200. The summed E-state index contributed by atoms with van der Waals surface area (Å²) in [5.41, 5.74) is 1.69. The molecule has 0 unspecified atom stereocenters. The second kappa shape index (κ2) is 8.70. The Morgan fingerprint density at radius 2 is 2.04 bits per heavy atom. The Balaban J connectivity index is 1.72. The smallest absolute Gasteiger partial charge is 0.291 e. The minimum atomic E-state index is -0.380. The van der Waals surface area contributed by atoms with Gasteiger partial charge >= 0.3 is 0 Å². The fourth-order valence-corrected chi connectivity index (χ4v) is 2.66. The predicted octanol–water partition coefficient (Wildman–Crippen LogP) is 3.48. The number of fused-ring (bicyclic) bond motifs is 1. The number of nitrogens with one attached hydrogen (secondary N) is 2. The highest BCUT2D eigenvalue weighted by molar-refractivity contribution is 6.30. The number of hydrogen-bond donors (Lipinski definition) is 2. The molecule has 0 spiro atoms. The number of benzene rings is 2. The molecule has 1 aliphatic rings. The van der Waals surface area contributed by atoms with E-state index in [9.17, 15) is 9.59 Å². The third-order valence-corrected chi connectivity index (χ3v) is 4.16. The van der Waals surface area contributed by atoms with Crippen LogP contribution in [0.4, 0.5) is 5.69 Å². The first kappa shape index (κ1) is 18.9. The Morgan fingerprint density at radius 1 is 1.26 bits per heavy atom. The first-order valence-electron chi connectivity index (χ1n) is 8.44. The van der Waals surface area contributed by atoms with Crippen molar-refractivity contribution in [3.05, 3.63) is 64.4 Å². The highest BCUT2D eigenvalue weighted by Crippen LogP contribution is 2.32. The number of halogens is 1. The summed E-state index contributed by atoms with van der Waals surface area (Å²) in [5, 5.41) is 6.17. The molecule has 1 heterocycles. The molecule has 0 saturated heterocycles. The van der Waals surface area contributed by atoms with Crippen LogP contribution in [-0.4, -0.2) is 32.1 Å². The van der Waals surface area contributed by atoms with Crippen LogP contribution in [0.3, 0.4) is 0 Å². The molecule has 2 aromatic rings. The van der Waals surface area contributed by atoms with E-state index in [1.165, 1.54) is 0 Å². The number of amides is 2. The predicted molar refractivity (Wildman–Crippen MR) is 104 cm³/mol. The topological polar surface area (TPSA) is 76.7 Å². The van der Waals surface area contributed by atoms with Crippen molar-refractivity contribution in [2.75, 3.05) is 25.6 Å². The van der Waals surface area contributed by atoms with Gasteiger partial charge in [0, 0.05) is 30.8 Å². The molecule has 6 nitrogen and oxygen atoms in total. The van der Waals surface area contributed by atoms with E-state index in [0.29, 0.717) is 35.2 Å². The third-order valence-electron chi connectivity index (χ3n) is 3.91. The van der Waals surface area contributed by atoms with Crippen molar-refractivity contribution in [2.24, 2.45) is 0 Å². The van der Waals surface area contributed by atoms with Gasteiger partial charge in [0.05, 0.1) is 5.69 Å². The first-order chi connectivity index (χ1) is 13.1. The molecule has 0 aromatic heterocycles. The third kappa shape index (κ3) is 4.87. The molecule has 7 heteroatoms. The van der Waals surface area contributed by atoms with Crippen molar-refractivity contribution in [3.8, 4) is 5.75 Å². The van der Waals surface area contributed by atoms with E-state index in [2.05, 4.69) is 10.6 Å². The molecule has 1 aliphatic heterocycles. The van der Waals surface area contributed by atoms with Gasteiger partial charge in [0.1, 0.15) is 0 Å². The number of methoxy groups -OCH3 is 1. The average molecular weight is 387 g/mol. The number of ether oxygens (including phenoxy) is 2. The molecule has 27 heavy (non-hydrogen) atoms. The second-order valence-corrected chi connectivity index (χ2v) is 6.37. The van der Waals surface area contributed by atoms with Crippen molar-refractivity contribution in [1.82, 2.24) is 5.32 Å². The van der Waals surface area contributed by atoms with Gasteiger partial charge in [0.15, 0.2) is 11.5 Å². The Kier molecular flexibility index (Phi) is 6.11. The largest absolute Gasteiger partial charge is 0.449 e. The van der Waals surface area contributed by atoms with Gasteiger partial charge in [0.25, 0.3) is 11.8 Å². The van der Waals surface area contributed by atoms with Gasteiger partial charge in [-0.3, -0.25) is 9.59 Å². The fourth-order valence-electron chi connectivity index (χ4n) is 2.53. The van der Waals surface area contributed by atoms with Gasteiger partial charge in [0.2, 0.25) is 0 Å². The van der Waals surface area contributed by atoms with Gasteiger partial charge in [-0.1, -0.05) is 23.7 Å². The second-order valence-electron chi connectivity index (χ2n) is 5.93. The van der Waals surface area contributed by atoms with Gasteiger partial charge in [-0.05, 0) is 48.4 Å². The average Bonchev–Trinajstić information content (AvgIpc) is 2.67. The summed E-state index contributed by atoms with van der Waals surface area (Å²) in [7, 11) is 1.61. The molecule has 3 rings (SSSR count). The van der Waals surface area contributed by atoms with Crippen LogP contribution in [0.5, 0.6) is 5.75 Å². The van der Waals surface area contributed by atoms with E-state index >= 15 is 0 Å². The molecular formula is C20H19ClN2O4. The maximum Gasteiger partial charge on any atom is 0.291 e. The van der Waals surface area contributed by atoms with Crippen LogP contribution in [0.15, 0.2) is 48.2 Å².